The van der Waals surface area contributed by atoms with Gasteiger partial charge in [0.25, 0.3) is 5.91 Å². The zero-order chi connectivity index (χ0) is 13.1. The van der Waals surface area contributed by atoms with Crippen molar-refractivity contribution in [2.45, 2.75) is 45.4 Å². The molecule has 1 aliphatic carbocycles. The average molecular weight is 250 g/mol. The largest absolute Gasteiger partial charge is 0.395 e. The smallest absolute Gasteiger partial charge is 0.273 e. The lowest BCUT2D eigenvalue weighted by atomic mass is 10.1. The highest BCUT2D eigenvalue weighted by molar-refractivity contribution is 5.97. The molecule has 0 aliphatic heterocycles. The molecule has 18 heavy (non-hydrogen) atoms. The van der Waals surface area contributed by atoms with Crippen LogP contribution in [-0.2, 0) is 0 Å². The van der Waals surface area contributed by atoms with Crippen molar-refractivity contribution in [2.24, 2.45) is 5.92 Å². The normalized spacial score (nSPS) is 16.4. The third kappa shape index (κ3) is 2.66. The minimum absolute atomic E-state index is 0.164. The van der Waals surface area contributed by atoms with Crippen molar-refractivity contribution in [1.29, 1.82) is 0 Å². The van der Waals surface area contributed by atoms with E-state index in [9.17, 15) is 4.79 Å². The van der Waals surface area contributed by atoms with Gasteiger partial charge >= 0.3 is 0 Å². The number of nitrogens with one attached hydrogen (secondary N) is 2. The number of hydrogen-bond donors (Lipinski definition) is 3. The first-order valence-corrected chi connectivity index (χ1v) is 6.71. The quantitative estimate of drug-likeness (QED) is 0.764. The predicted octanol–water partition coefficient (Wildman–Crippen LogP) is 2.04. The molecule has 5 heteroatoms. The van der Waals surface area contributed by atoms with E-state index in [-0.39, 0.29) is 11.8 Å². The standard InChI is InChI=1S/C13H22N4O/c1-8(2)11-10(14)12(17-16-11)13(18)15-7-9-5-3-4-6-9/h8-9H,3-7,14H2,1-2H3,(H,15,18)(H,16,17). The molecule has 0 bridgehead atoms. The number of aromatic nitrogens is 2. The molecule has 5 nitrogen and oxygen atoms in total. The third-order valence-corrected chi connectivity index (χ3v) is 3.65. The summed E-state index contributed by atoms with van der Waals surface area (Å²) in [5.74, 6) is 0.704. The highest BCUT2D eigenvalue weighted by Gasteiger charge is 2.20. The van der Waals surface area contributed by atoms with Crippen LogP contribution in [0.2, 0.25) is 0 Å². The number of rotatable bonds is 4. The molecular formula is C13H22N4O. The highest BCUT2D eigenvalue weighted by Crippen LogP contribution is 2.24. The Kier molecular flexibility index (Phi) is 3.89. The van der Waals surface area contributed by atoms with Crippen LogP contribution in [0.15, 0.2) is 0 Å². The lowest BCUT2D eigenvalue weighted by molar-refractivity contribution is 0.0943. The number of nitrogens with zero attached hydrogens (tertiary/aromatic N) is 1. The highest BCUT2D eigenvalue weighted by atomic mass is 16.1. The number of nitrogens with two attached hydrogens (primary N) is 1. The van der Waals surface area contributed by atoms with Gasteiger partial charge in [0.2, 0.25) is 0 Å². The van der Waals surface area contributed by atoms with E-state index >= 15 is 0 Å². The van der Waals surface area contributed by atoms with Crippen molar-refractivity contribution in [1.82, 2.24) is 15.5 Å². The van der Waals surface area contributed by atoms with Gasteiger partial charge in [-0.15, -0.1) is 0 Å². The number of carbonyl (C=O) groups excluding carboxylic acids is 1. The van der Waals surface area contributed by atoms with Crippen molar-refractivity contribution in [3.8, 4) is 0 Å². The minimum Gasteiger partial charge on any atom is -0.395 e. The lowest BCUT2D eigenvalue weighted by Crippen LogP contribution is -2.29. The molecule has 2 rings (SSSR count). The van der Waals surface area contributed by atoms with Crippen LogP contribution in [0.3, 0.4) is 0 Å². The predicted molar refractivity (Wildman–Crippen MR) is 71.4 cm³/mol. The summed E-state index contributed by atoms with van der Waals surface area (Å²) in [5, 5.41) is 9.80. The zero-order valence-corrected chi connectivity index (χ0v) is 11.1. The molecule has 0 unspecified atom stereocenters. The second kappa shape index (κ2) is 5.42. The Bertz CT molecular complexity index is 419. The van der Waals surface area contributed by atoms with E-state index in [4.69, 9.17) is 5.73 Å². The first-order valence-electron chi connectivity index (χ1n) is 6.71. The van der Waals surface area contributed by atoms with Crippen LogP contribution in [0.25, 0.3) is 0 Å². The maximum Gasteiger partial charge on any atom is 0.273 e. The maximum absolute atomic E-state index is 12.0. The van der Waals surface area contributed by atoms with E-state index in [1.807, 2.05) is 13.8 Å². The summed E-state index contributed by atoms with van der Waals surface area (Å²) in [6.07, 6.45) is 4.99. The summed E-state index contributed by atoms with van der Waals surface area (Å²) in [5.41, 5.74) is 7.58. The third-order valence-electron chi connectivity index (χ3n) is 3.65. The van der Waals surface area contributed by atoms with Gasteiger partial charge in [0, 0.05) is 6.54 Å². The Morgan fingerprint density at radius 2 is 2.17 bits per heavy atom. The number of carbonyl (C=O) groups is 1. The van der Waals surface area contributed by atoms with Crippen molar-refractivity contribution in [2.75, 3.05) is 12.3 Å². The topological polar surface area (TPSA) is 83.8 Å². The van der Waals surface area contributed by atoms with Crippen LogP contribution in [-0.4, -0.2) is 22.6 Å². The number of H-pyrrole nitrogens is 1. The number of aromatic amines is 1. The summed E-state index contributed by atoms with van der Waals surface area (Å²) >= 11 is 0. The Labute approximate surface area is 108 Å². The number of nitrogen functional groups attached to an aromatic ring is 1. The first kappa shape index (κ1) is 12.9. The van der Waals surface area contributed by atoms with Gasteiger partial charge in [-0.3, -0.25) is 9.89 Å². The summed E-state index contributed by atoms with van der Waals surface area (Å²) in [6.45, 7) is 4.77. The molecule has 0 spiro atoms. The number of hydrogen-bond acceptors (Lipinski definition) is 3. The van der Waals surface area contributed by atoms with Gasteiger partial charge in [0.1, 0.15) is 0 Å². The van der Waals surface area contributed by atoms with Crippen LogP contribution in [0.5, 0.6) is 0 Å². The van der Waals surface area contributed by atoms with Gasteiger partial charge in [-0.1, -0.05) is 26.7 Å². The molecule has 0 atom stereocenters. The second-order valence-corrected chi connectivity index (χ2v) is 5.41. The van der Waals surface area contributed by atoms with E-state index < -0.39 is 0 Å². The van der Waals surface area contributed by atoms with Crippen LogP contribution in [0.1, 0.15) is 61.6 Å². The number of anilines is 1. The van der Waals surface area contributed by atoms with Crippen LogP contribution in [0.4, 0.5) is 5.69 Å². The van der Waals surface area contributed by atoms with E-state index in [1.165, 1.54) is 25.7 Å². The van der Waals surface area contributed by atoms with E-state index in [0.717, 1.165) is 12.2 Å². The molecule has 1 saturated carbocycles. The summed E-state index contributed by atoms with van der Waals surface area (Å²) < 4.78 is 0. The summed E-state index contributed by atoms with van der Waals surface area (Å²) in [7, 11) is 0. The van der Waals surface area contributed by atoms with Gasteiger partial charge < -0.3 is 11.1 Å². The van der Waals surface area contributed by atoms with E-state index in [0.29, 0.717) is 17.3 Å². The fraction of sp³-hybridized carbons (Fsp3) is 0.692. The Morgan fingerprint density at radius 3 is 2.72 bits per heavy atom. The van der Waals surface area contributed by atoms with Crippen molar-refractivity contribution >= 4 is 11.6 Å². The van der Waals surface area contributed by atoms with E-state index in [1.54, 1.807) is 0 Å². The molecule has 1 amide bonds. The fourth-order valence-corrected chi connectivity index (χ4v) is 2.51. The molecule has 1 aliphatic rings. The fourth-order valence-electron chi connectivity index (χ4n) is 2.51. The Hall–Kier alpha value is -1.52. The van der Waals surface area contributed by atoms with Crippen molar-refractivity contribution in [3.05, 3.63) is 11.4 Å². The summed E-state index contributed by atoms with van der Waals surface area (Å²) in [4.78, 5) is 12.0. The molecule has 1 aromatic rings. The molecule has 1 fully saturated rings. The molecule has 0 radical (unpaired) electrons. The van der Waals surface area contributed by atoms with Crippen LogP contribution in [0, 0.1) is 5.92 Å². The molecule has 4 N–H and O–H groups in total. The monoisotopic (exact) mass is 250 g/mol. The van der Waals surface area contributed by atoms with Crippen LogP contribution < -0.4 is 11.1 Å². The molecule has 100 valence electrons. The molecule has 1 heterocycles. The number of amides is 1. The minimum atomic E-state index is -0.164. The Morgan fingerprint density at radius 1 is 1.50 bits per heavy atom. The van der Waals surface area contributed by atoms with Crippen LogP contribution >= 0.6 is 0 Å². The van der Waals surface area contributed by atoms with Crippen molar-refractivity contribution in [3.63, 3.8) is 0 Å². The molecule has 1 aromatic heterocycles. The SMILES string of the molecule is CC(C)c1[nH]nc(C(=O)NCC2CCCC2)c1N. The molecular weight excluding hydrogens is 228 g/mol. The maximum atomic E-state index is 12.0. The first-order chi connectivity index (χ1) is 8.59. The van der Waals surface area contributed by atoms with Gasteiger partial charge in [0.15, 0.2) is 5.69 Å². The summed E-state index contributed by atoms with van der Waals surface area (Å²) in [6, 6.07) is 0. The van der Waals surface area contributed by atoms with Crippen molar-refractivity contribution < 1.29 is 4.79 Å². The van der Waals surface area contributed by atoms with Gasteiger partial charge in [-0.2, -0.15) is 5.10 Å². The Balaban J connectivity index is 1.96. The lowest BCUT2D eigenvalue weighted by Gasteiger charge is -2.09. The molecule has 0 saturated heterocycles. The molecule has 0 aromatic carbocycles. The zero-order valence-electron chi connectivity index (χ0n) is 11.1. The van der Waals surface area contributed by atoms with Gasteiger partial charge in [-0.05, 0) is 24.7 Å². The second-order valence-electron chi connectivity index (χ2n) is 5.41. The van der Waals surface area contributed by atoms with E-state index in [2.05, 4.69) is 15.5 Å². The average Bonchev–Trinajstić information content (AvgIpc) is 2.94. The van der Waals surface area contributed by atoms with Gasteiger partial charge in [-0.25, -0.2) is 0 Å². The van der Waals surface area contributed by atoms with Gasteiger partial charge in [0.05, 0.1) is 11.4 Å².